The van der Waals surface area contributed by atoms with Crippen molar-refractivity contribution in [2.75, 3.05) is 6.16 Å². The lowest BCUT2D eigenvalue weighted by Crippen LogP contribution is -2.48. The summed E-state index contributed by atoms with van der Waals surface area (Å²) in [6.07, 6.45) is -2.67. The largest absolute Gasteiger partial charge is 0.481 e. The Kier molecular flexibility index (Phi) is 9.78. The van der Waals surface area contributed by atoms with E-state index in [2.05, 4.69) is 0 Å². The molecule has 8 N–H and O–H groups in total. The van der Waals surface area contributed by atoms with E-state index in [9.17, 15) is 53.8 Å². The van der Waals surface area contributed by atoms with Gasteiger partial charge in [-0.3, -0.25) is 33.3 Å². The first-order valence-corrected chi connectivity index (χ1v) is 10.1. The molecule has 0 amide bonds. The Morgan fingerprint density at radius 2 is 1.06 bits per heavy atom. The fourth-order valence-electron chi connectivity index (χ4n) is 3.19. The van der Waals surface area contributed by atoms with Crippen LogP contribution >= 0.6 is 7.60 Å². The smallest absolute Gasteiger partial charge is 0.326 e. The van der Waals surface area contributed by atoms with Gasteiger partial charge in [0.05, 0.1) is 41.7 Å². The number of carboxylic acid groups (broad SMARTS) is 6. The van der Waals surface area contributed by atoms with Crippen LogP contribution in [0.4, 0.5) is 0 Å². The van der Waals surface area contributed by atoms with E-state index in [4.69, 9.17) is 20.0 Å². The first-order valence-electron chi connectivity index (χ1n) is 8.33. The predicted octanol–water partition coefficient (Wildman–Crippen LogP) is -1.22. The molecule has 0 rings (SSSR count). The van der Waals surface area contributed by atoms with E-state index in [0.717, 1.165) is 6.92 Å². The molecular formula is C15H21O15P. The maximum Gasteiger partial charge on any atom is 0.326 e. The molecule has 0 bridgehead atoms. The van der Waals surface area contributed by atoms with E-state index in [-0.39, 0.29) is 0 Å². The van der Waals surface area contributed by atoms with Crippen LogP contribution in [0.1, 0.15) is 13.3 Å². The number of carbonyl (C=O) groups is 6. The van der Waals surface area contributed by atoms with Crippen LogP contribution in [0.25, 0.3) is 0 Å². The van der Waals surface area contributed by atoms with E-state index >= 15 is 0 Å². The molecule has 0 aromatic carbocycles. The van der Waals surface area contributed by atoms with E-state index < -0.39 is 91.5 Å². The number of rotatable bonds is 14. The third kappa shape index (κ3) is 7.96. The molecule has 0 fully saturated rings. The summed E-state index contributed by atoms with van der Waals surface area (Å²) in [6, 6.07) is 0. The molecular weight excluding hydrogens is 451 g/mol. The van der Waals surface area contributed by atoms with Gasteiger partial charge in [-0.05, 0) is 6.42 Å². The molecule has 16 heteroatoms. The molecule has 15 nitrogen and oxygen atoms in total. The fraction of sp³-hybridized carbons (Fsp3) is 0.600. The highest BCUT2D eigenvalue weighted by molar-refractivity contribution is 7.51. The van der Waals surface area contributed by atoms with Gasteiger partial charge in [0.1, 0.15) is 0 Å². The van der Waals surface area contributed by atoms with Crippen molar-refractivity contribution in [3.8, 4) is 0 Å². The number of carboxylic acids is 6. The summed E-state index contributed by atoms with van der Waals surface area (Å²) in [5.41, 5.74) is 0. The molecule has 0 saturated heterocycles. The number of aliphatic carboxylic acids is 6. The van der Waals surface area contributed by atoms with Gasteiger partial charge in [-0.2, -0.15) is 0 Å². The van der Waals surface area contributed by atoms with Crippen LogP contribution in [0.15, 0.2) is 0 Å². The van der Waals surface area contributed by atoms with Crippen LogP contribution in [0, 0.1) is 35.5 Å². The van der Waals surface area contributed by atoms with Gasteiger partial charge in [0.2, 0.25) is 0 Å². The lowest BCUT2D eigenvalue weighted by atomic mass is 9.69. The molecule has 176 valence electrons. The van der Waals surface area contributed by atoms with Crippen LogP contribution in [-0.2, 0) is 33.3 Å². The monoisotopic (exact) mass is 472 g/mol. The average molecular weight is 472 g/mol. The summed E-state index contributed by atoms with van der Waals surface area (Å²) >= 11 is 0. The normalized spacial score (nSPS) is 17.4. The minimum atomic E-state index is -5.03. The fourth-order valence-corrected chi connectivity index (χ4v) is 4.07. The predicted molar refractivity (Wildman–Crippen MR) is 94.0 cm³/mol. The van der Waals surface area contributed by atoms with Crippen molar-refractivity contribution < 1.29 is 73.8 Å². The second-order valence-electron chi connectivity index (χ2n) is 6.78. The SMILES string of the molecule is CC(C(=O)O)C(C(=O)O)C(C(=O)O)C(C(=O)O)C(CC(CP(=O)(O)O)C(=O)O)C(=O)O. The van der Waals surface area contributed by atoms with Crippen molar-refractivity contribution in [1.29, 1.82) is 0 Å². The van der Waals surface area contributed by atoms with Crippen LogP contribution < -0.4 is 0 Å². The molecule has 0 aliphatic heterocycles. The highest BCUT2D eigenvalue weighted by Crippen LogP contribution is 2.41. The summed E-state index contributed by atoms with van der Waals surface area (Å²) in [7, 11) is -5.03. The number of hydrogen-bond acceptors (Lipinski definition) is 7. The van der Waals surface area contributed by atoms with Crippen LogP contribution in [0.5, 0.6) is 0 Å². The first-order chi connectivity index (χ1) is 13.9. The molecule has 0 aliphatic rings. The summed E-state index contributed by atoms with van der Waals surface area (Å²) in [5, 5.41) is 55.8. The Balaban J connectivity index is 6.58. The summed E-state index contributed by atoms with van der Waals surface area (Å²) in [4.78, 5) is 87.2. The van der Waals surface area contributed by atoms with E-state index in [1.54, 1.807) is 0 Å². The molecule has 6 unspecified atom stereocenters. The Hall–Kier alpha value is -3.03. The average Bonchev–Trinajstić information content (AvgIpc) is 2.56. The second-order valence-corrected chi connectivity index (χ2v) is 8.48. The molecule has 0 heterocycles. The van der Waals surface area contributed by atoms with Gasteiger partial charge in [-0.25, -0.2) is 0 Å². The maximum atomic E-state index is 11.8. The highest BCUT2D eigenvalue weighted by atomic mass is 31.2. The minimum absolute atomic E-state index is 0.763. The molecule has 0 saturated carbocycles. The lowest BCUT2D eigenvalue weighted by molar-refractivity contribution is -0.173. The lowest BCUT2D eigenvalue weighted by Gasteiger charge is -2.32. The maximum absolute atomic E-state index is 11.8. The van der Waals surface area contributed by atoms with Crippen molar-refractivity contribution in [2.45, 2.75) is 13.3 Å². The zero-order valence-electron chi connectivity index (χ0n) is 15.8. The summed E-state index contributed by atoms with van der Waals surface area (Å²) < 4.78 is 11.1. The molecule has 0 aromatic heterocycles. The molecule has 31 heavy (non-hydrogen) atoms. The van der Waals surface area contributed by atoms with Gasteiger partial charge in [0.15, 0.2) is 0 Å². The van der Waals surface area contributed by atoms with Gasteiger partial charge in [0, 0.05) is 0 Å². The van der Waals surface area contributed by atoms with E-state index in [1.165, 1.54) is 0 Å². The second kappa shape index (κ2) is 10.8. The zero-order valence-corrected chi connectivity index (χ0v) is 16.7. The van der Waals surface area contributed by atoms with Crippen molar-refractivity contribution in [2.24, 2.45) is 35.5 Å². The van der Waals surface area contributed by atoms with Gasteiger partial charge < -0.3 is 40.4 Å². The van der Waals surface area contributed by atoms with Crippen molar-refractivity contribution in [1.82, 2.24) is 0 Å². The zero-order chi connectivity index (χ0) is 24.8. The van der Waals surface area contributed by atoms with Crippen LogP contribution in [0.2, 0.25) is 0 Å². The van der Waals surface area contributed by atoms with Crippen molar-refractivity contribution in [3.63, 3.8) is 0 Å². The minimum Gasteiger partial charge on any atom is -0.481 e. The quantitative estimate of drug-likeness (QED) is 0.137. The topological polar surface area (TPSA) is 281 Å². The Bertz CT molecular complexity index is 798. The van der Waals surface area contributed by atoms with Gasteiger partial charge in [-0.15, -0.1) is 0 Å². The summed E-state index contributed by atoms with van der Waals surface area (Å²) in [6.45, 7) is 0.763. The third-order valence-electron chi connectivity index (χ3n) is 4.65. The van der Waals surface area contributed by atoms with Gasteiger partial charge in [-0.1, -0.05) is 6.92 Å². The highest BCUT2D eigenvalue weighted by Gasteiger charge is 2.52. The van der Waals surface area contributed by atoms with Crippen LogP contribution in [-0.4, -0.2) is 82.4 Å². The van der Waals surface area contributed by atoms with Gasteiger partial charge in [0.25, 0.3) is 0 Å². The van der Waals surface area contributed by atoms with Crippen molar-refractivity contribution in [3.05, 3.63) is 0 Å². The molecule has 0 aromatic rings. The van der Waals surface area contributed by atoms with Crippen molar-refractivity contribution >= 4 is 43.4 Å². The van der Waals surface area contributed by atoms with Gasteiger partial charge >= 0.3 is 43.4 Å². The molecule has 0 aliphatic carbocycles. The van der Waals surface area contributed by atoms with E-state index in [1.807, 2.05) is 0 Å². The molecule has 6 atom stereocenters. The number of hydrogen-bond donors (Lipinski definition) is 8. The van der Waals surface area contributed by atoms with Crippen LogP contribution in [0.3, 0.4) is 0 Å². The first kappa shape index (κ1) is 28.0. The molecule has 0 spiro atoms. The Morgan fingerprint density at radius 3 is 1.32 bits per heavy atom. The third-order valence-corrected chi connectivity index (χ3v) is 5.57. The standard InChI is InChI=1S/C15H21O15P/c1-4(10(16)17)7(13(22)23)9(15(26)27)8(14(24)25)6(12(20)21)2-5(11(18)19)3-31(28,29)30/h4-9H,2-3H2,1H3,(H,16,17)(H,18,19)(H,20,21)(H,22,23)(H,24,25)(H,26,27)(H2,28,29,30). The van der Waals surface area contributed by atoms with E-state index in [0.29, 0.717) is 0 Å². The Labute approximate surface area is 173 Å². The molecule has 0 radical (unpaired) electrons. The Morgan fingerprint density at radius 1 is 0.645 bits per heavy atom. The summed E-state index contributed by atoms with van der Waals surface area (Å²) in [5.74, 6) is -26.5.